The molecule has 1 fully saturated rings. The molecule has 0 saturated carbocycles. The first-order valence-corrected chi connectivity index (χ1v) is 8.94. The van der Waals surface area contributed by atoms with Crippen molar-refractivity contribution in [2.24, 2.45) is 11.3 Å². The van der Waals surface area contributed by atoms with E-state index in [0.29, 0.717) is 0 Å². The Labute approximate surface area is 162 Å². The molecular weight excluding hydrogens is 379 g/mol. The van der Waals surface area contributed by atoms with Crippen molar-refractivity contribution in [2.75, 3.05) is 38.9 Å². The molecule has 1 aromatic rings. The van der Waals surface area contributed by atoms with E-state index in [1.807, 2.05) is 13.8 Å². The first-order valence-electron chi connectivity index (χ1n) is 8.94. The fraction of sp³-hybridized carbons (Fsp3) is 0.632. The Morgan fingerprint density at radius 2 is 1.93 bits per heavy atom. The summed E-state index contributed by atoms with van der Waals surface area (Å²) < 4.78 is 61.1. The Bertz CT molecular complexity index is 670. The van der Waals surface area contributed by atoms with Crippen LogP contribution in [0.5, 0.6) is 5.75 Å². The van der Waals surface area contributed by atoms with Gasteiger partial charge in [-0.1, -0.05) is 13.8 Å². The second kappa shape index (κ2) is 9.11. The summed E-state index contributed by atoms with van der Waals surface area (Å²) in [7, 11) is 1.43. The molecule has 2 rings (SSSR count). The van der Waals surface area contributed by atoms with Crippen LogP contribution in [0.1, 0.15) is 26.3 Å². The van der Waals surface area contributed by atoms with Crippen molar-refractivity contribution < 1.29 is 36.9 Å². The molecule has 1 amide bonds. The van der Waals surface area contributed by atoms with Gasteiger partial charge in [-0.25, -0.2) is 0 Å². The molecule has 1 N–H and O–H groups in total. The van der Waals surface area contributed by atoms with Crippen molar-refractivity contribution in [3.8, 4) is 5.75 Å². The van der Waals surface area contributed by atoms with Gasteiger partial charge in [-0.15, -0.1) is 0 Å². The van der Waals surface area contributed by atoms with E-state index in [1.54, 1.807) is 6.92 Å². The lowest BCUT2D eigenvalue weighted by atomic mass is 9.90. The third kappa shape index (κ3) is 5.59. The highest BCUT2D eigenvalue weighted by Crippen LogP contribution is 2.38. The van der Waals surface area contributed by atoms with Gasteiger partial charge in [0.2, 0.25) is 5.91 Å². The number of hydrogen-bond acceptors (Lipinski definition) is 5. The van der Waals surface area contributed by atoms with E-state index in [1.165, 1.54) is 19.2 Å². The van der Waals surface area contributed by atoms with Gasteiger partial charge in [0.15, 0.2) is 6.29 Å². The zero-order chi connectivity index (χ0) is 20.9. The predicted molar refractivity (Wildman–Crippen MR) is 96.1 cm³/mol. The van der Waals surface area contributed by atoms with Crippen LogP contribution in [-0.2, 0) is 25.2 Å². The van der Waals surface area contributed by atoms with E-state index in [-0.39, 0.29) is 43.8 Å². The quantitative estimate of drug-likeness (QED) is 0.701. The molecule has 1 aliphatic heterocycles. The number of benzene rings is 1. The van der Waals surface area contributed by atoms with Crippen molar-refractivity contribution in [1.29, 1.82) is 0 Å². The highest BCUT2D eigenvalue weighted by molar-refractivity contribution is 5.95. The molecule has 1 aromatic carbocycles. The minimum absolute atomic E-state index is 0.0172. The smallest absolute Gasteiger partial charge is 0.420 e. The Morgan fingerprint density at radius 1 is 1.29 bits per heavy atom. The molecule has 1 aliphatic rings. The molecule has 1 saturated heterocycles. The Balaban J connectivity index is 2.12. The van der Waals surface area contributed by atoms with Gasteiger partial charge in [0.25, 0.3) is 0 Å². The third-order valence-electron chi connectivity index (χ3n) is 4.31. The summed E-state index contributed by atoms with van der Waals surface area (Å²) in [6.07, 6.45) is -5.03. The largest absolute Gasteiger partial charge is 0.491 e. The van der Waals surface area contributed by atoms with E-state index in [4.69, 9.17) is 18.9 Å². The van der Waals surface area contributed by atoms with Crippen LogP contribution >= 0.6 is 0 Å². The summed E-state index contributed by atoms with van der Waals surface area (Å²) in [4.78, 5) is 12.6. The van der Waals surface area contributed by atoms with Crippen LogP contribution < -0.4 is 10.1 Å². The molecule has 28 heavy (non-hydrogen) atoms. The van der Waals surface area contributed by atoms with Crippen LogP contribution in [0, 0.1) is 11.3 Å². The normalized spacial score (nSPS) is 22.9. The Kier molecular flexibility index (Phi) is 7.30. The predicted octanol–water partition coefficient (Wildman–Crippen LogP) is 3.70. The molecule has 0 bridgehead atoms. The van der Waals surface area contributed by atoms with Gasteiger partial charge in [-0.2, -0.15) is 13.2 Å². The number of carbonyl (C=O) groups excluding carboxylic acids is 1. The van der Waals surface area contributed by atoms with Crippen molar-refractivity contribution >= 4 is 11.6 Å². The number of carbonyl (C=O) groups is 1. The minimum atomic E-state index is -4.63. The molecule has 0 unspecified atom stereocenters. The number of anilines is 1. The summed E-state index contributed by atoms with van der Waals surface area (Å²) in [6.45, 7) is 5.88. The number of alkyl halides is 3. The third-order valence-corrected chi connectivity index (χ3v) is 4.31. The molecule has 0 radical (unpaired) electrons. The first kappa shape index (κ1) is 22.4. The highest BCUT2D eigenvalue weighted by atomic mass is 19.4. The zero-order valence-corrected chi connectivity index (χ0v) is 16.4. The van der Waals surface area contributed by atoms with Crippen molar-refractivity contribution in [2.45, 2.75) is 33.2 Å². The molecule has 0 spiro atoms. The van der Waals surface area contributed by atoms with Gasteiger partial charge in [0, 0.05) is 18.7 Å². The average Bonchev–Trinajstić information content (AvgIpc) is 2.62. The second-order valence-corrected chi connectivity index (χ2v) is 7.30. The fourth-order valence-corrected chi connectivity index (χ4v) is 2.61. The molecular formula is C19H26F3NO5. The van der Waals surface area contributed by atoms with Crippen molar-refractivity contribution in [1.82, 2.24) is 0 Å². The molecule has 6 nitrogen and oxygen atoms in total. The monoisotopic (exact) mass is 405 g/mol. The van der Waals surface area contributed by atoms with Gasteiger partial charge in [-0.05, 0) is 25.1 Å². The van der Waals surface area contributed by atoms with Crippen LogP contribution in [0.4, 0.5) is 18.9 Å². The summed E-state index contributed by atoms with van der Waals surface area (Å²) in [5, 5.41) is 2.52. The molecule has 0 aromatic heterocycles. The van der Waals surface area contributed by atoms with Crippen LogP contribution in [0.2, 0.25) is 0 Å². The Morgan fingerprint density at radius 3 is 2.46 bits per heavy atom. The van der Waals surface area contributed by atoms with Gasteiger partial charge < -0.3 is 24.3 Å². The lowest BCUT2D eigenvalue weighted by Crippen LogP contribution is -2.48. The first-order chi connectivity index (χ1) is 13.1. The Hall–Kier alpha value is -1.84. The number of ether oxygens (including phenoxy) is 4. The summed E-state index contributed by atoms with van der Waals surface area (Å²) in [5.41, 5.74) is -1.96. The number of nitrogens with one attached hydrogen (secondary N) is 1. The number of rotatable bonds is 7. The lowest BCUT2D eigenvalue weighted by Gasteiger charge is -2.37. The molecule has 158 valence electrons. The molecule has 0 aliphatic carbocycles. The van der Waals surface area contributed by atoms with Gasteiger partial charge in [0.05, 0.1) is 30.8 Å². The fourth-order valence-electron chi connectivity index (χ4n) is 2.61. The van der Waals surface area contributed by atoms with Gasteiger partial charge in [-0.3, -0.25) is 4.79 Å². The molecule has 0 atom stereocenters. The standard InChI is InChI=1S/C19H26F3NO5/c1-12(2)16-27-10-18(3,11-28-16)17(24)23-13-5-6-15(26-8-7-25-4)14(9-13)19(20,21)22/h5-6,9,12,16H,7-8,10-11H2,1-4H3,(H,23,24). The van der Waals surface area contributed by atoms with Crippen molar-refractivity contribution in [3.05, 3.63) is 23.8 Å². The summed E-state index contributed by atoms with van der Waals surface area (Å²) in [5.74, 6) is -0.665. The number of halogens is 3. The molecule has 1 heterocycles. The van der Waals surface area contributed by atoms with Crippen LogP contribution in [0.15, 0.2) is 18.2 Å². The van der Waals surface area contributed by atoms with Gasteiger partial charge >= 0.3 is 6.18 Å². The van der Waals surface area contributed by atoms with E-state index in [2.05, 4.69) is 5.32 Å². The van der Waals surface area contributed by atoms with E-state index < -0.39 is 29.4 Å². The second-order valence-electron chi connectivity index (χ2n) is 7.30. The van der Waals surface area contributed by atoms with Crippen LogP contribution in [-0.4, -0.2) is 45.7 Å². The highest BCUT2D eigenvalue weighted by Gasteiger charge is 2.41. The summed E-state index contributed by atoms with van der Waals surface area (Å²) in [6, 6.07) is 3.39. The lowest BCUT2D eigenvalue weighted by molar-refractivity contribution is -0.237. The topological polar surface area (TPSA) is 66.0 Å². The van der Waals surface area contributed by atoms with E-state index >= 15 is 0 Å². The average molecular weight is 405 g/mol. The van der Waals surface area contributed by atoms with Crippen LogP contribution in [0.25, 0.3) is 0 Å². The van der Waals surface area contributed by atoms with Crippen molar-refractivity contribution in [3.63, 3.8) is 0 Å². The summed E-state index contributed by atoms with van der Waals surface area (Å²) >= 11 is 0. The number of hydrogen-bond donors (Lipinski definition) is 1. The molecule has 9 heteroatoms. The maximum Gasteiger partial charge on any atom is 0.420 e. The SMILES string of the molecule is COCCOc1ccc(NC(=O)C2(C)COC(C(C)C)OC2)cc1C(F)(F)F. The van der Waals surface area contributed by atoms with Gasteiger partial charge in [0.1, 0.15) is 12.4 Å². The van der Waals surface area contributed by atoms with Crippen LogP contribution in [0.3, 0.4) is 0 Å². The number of amides is 1. The van der Waals surface area contributed by atoms with E-state index in [0.717, 1.165) is 6.07 Å². The zero-order valence-electron chi connectivity index (χ0n) is 16.4. The maximum absolute atomic E-state index is 13.4. The number of methoxy groups -OCH3 is 1. The van der Waals surface area contributed by atoms with E-state index in [9.17, 15) is 18.0 Å². The maximum atomic E-state index is 13.4. The minimum Gasteiger partial charge on any atom is -0.491 e.